The van der Waals surface area contributed by atoms with Gasteiger partial charge in [0, 0.05) is 43.0 Å². The zero-order chi connectivity index (χ0) is 24.2. The second kappa shape index (κ2) is 10.0. The number of ether oxygens (including phenoxy) is 2. The van der Waals surface area contributed by atoms with Gasteiger partial charge in [-0.25, -0.2) is 17.2 Å². The van der Waals surface area contributed by atoms with Crippen LogP contribution in [0.4, 0.5) is 20.2 Å². The Morgan fingerprint density at radius 3 is 2.33 bits per heavy atom. The van der Waals surface area contributed by atoms with Crippen molar-refractivity contribution in [2.24, 2.45) is 5.92 Å². The minimum Gasteiger partial charge on any atom is -0.495 e. The highest BCUT2D eigenvalue weighted by atomic mass is 32.2. The minimum atomic E-state index is -4.14. The minimum absolute atomic E-state index is 0.000110. The zero-order valence-electron chi connectivity index (χ0n) is 18.7. The number of carbonyl (C=O) groups is 1. The van der Waals surface area contributed by atoms with Crippen molar-refractivity contribution < 1.29 is 31.5 Å². The molecule has 0 radical (unpaired) electrons. The fourth-order valence-corrected chi connectivity index (χ4v) is 5.04. The maximum Gasteiger partial charge on any atom is 0.270 e. The summed E-state index contributed by atoms with van der Waals surface area (Å²) in [5.74, 6) is -3.38. The Bertz CT molecular complexity index is 1090. The lowest BCUT2D eigenvalue weighted by Gasteiger charge is -2.26. The maximum absolute atomic E-state index is 13.6. The van der Waals surface area contributed by atoms with Crippen LogP contribution in [0.25, 0.3) is 0 Å². The van der Waals surface area contributed by atoms with E-state index >= 15 is 0 Å². The molecule has 2 aromatic carbocycles. The summed E-state index contributed by atoms with van der Waals surface area (Å²) in [5, 5.41) is 2.81. The zero-order valence-corrected chi connectivity index (χ0v) is 19.5. The number of carbonyl (C=O) groups excluding carboxylic acids is 1. The molecule has 2 aromatic rings. The average molecular weight is 483 g/mol. The number of sulfonamides is 1. The Morgan fingerprint density at radius 1 is 1.03 bits per heavy atom. The van der Waals surface area contributed by atoms with Crippen LogP contribution in [0.3, 0.4) is 0 Å². The first-order chi connectivity index (χ1) is 15.5. The summed E-state index contributed by atoms with van der Waals surface area (Å²) in [6.07, 6.45) is 3.23. The van der Waals surface area contributed by atoms with Gasteiger partial charge < -0.3 is 14.8 Å². The smallest absolute Gasteiger partial charge is 0.270 e. The van der Waals surface area contributed by atoms with Gasteiger partial charge in [-0.2, -0.15) is 0 Å². The molecule has 33 heavy (non-hydrogen) atoms. The Labute approximate surface area is 192 Å². The van der Waals surface area contributed by atoms with Gasteiger partial charge in [0.15, 0.2) is 0 Å². The third-order valence-electron chi connectivity index (χ3n) is 5.72. The van der Waals surface area contributed by atoms with Crippen molar-refractivity contribution in [1.29, 1.82) is 0 Å². The van der Waals surface area contributed by atoms with Gasteiger partial charge in [-0.1, -0.05) is 12.1 Å². The number of rotatable bonds is 8. The van der Waals surface area contributed by atoms with Gasteiger partial charge in [0.2, 0.25) is 5.91 Å². The molecular formula is C23H28F2N2O5S. The fraction of sp³-hybridized carbons (Fsp3) is 0.435. The van der Waals surface area contributed by atoms with Crippen molar-refractivity contribution in [3.05, 3.63) is 48.0 Å². The third kappa shape index (κ3) is 6.20. The van der Waals surface area contributed by atoms with Crippen molar-refractivity contribution in [3.8, 4) is 5.75 Å². The second-order valence-corrected chi connectivity index (χ2v) is 9.79. The lowest BCUT2D eigenvalue weighted by atomic mass is 9.87. The number of anilines is 2. The van der Waals surface area contributed by atoms with Crippen molar-refractivity contribution >= 4 is 27.3 Å². The predicted molar refractivity (Wildman–Crippen MR) is 121 cm³/mol. The topological polar surface area (TPSA) is 93.7 Å². The van der Waals surface area contributed by atoms with Crippen LogP contribution in [0, 0.1) is 5.92 Å². The van der Waals surface area contributed by atoms with Gasteiger partial charge in [-0.05, 0) is 49.9 Å². The normalized spacial score (nSPS) is 19.1. The number of benzene rings is 2. The Balaban J connectivity index is 1.75. The highest BCUT2D eigenvalue weighted by molar-refractivity contribution is 7.92. The molecule has 0 aliphatic heterocycles. The first-order valence-electron chi connectivity index (χ1n) is 10.6. The largest absolute Gasteiger partial charge is 0.495 e. The van der Waals surface area contributed by atoms with E-state index < -0.39 is 15.9 Å². The summed E-state index contributed by atoms with van der Waals surface area (Å²) in [6.45, 7) is 0.736. The lowest BCUT2D eigenvalue weighted by molar-refractivity contribution is -0.121. The third-order valence-corrected chi connectivity index (χ3v) is 7.14. The van der Waals surface area contributed by atoms with Crippen LogP contribution in [0.1, 0.15) is 38.2 Å². The molecule has 0 unspecified atom stereocenters. The molecule has 1 saturated carbocycles. The summed E-state index contributed by atoms with van der Waals surface area (Å²) in [7, 11) is -1.17. The molecule has 0 spiro atoms. The van der Waals surface area contributed by atoms with Crippen LogP contribution >= 0.6 is 0 Å². The number of amides is 1. The van der Waals surface area contributed by atoms with Gasteiger partial charge >= 0.3 is 0 Å². The lowest BCUT2D eigenvalue weighted by Crippen LogP contribution is -2.29. The molecule has 0 heterocycles. The molecule has 1 amide bonds. The van der Waals surface area contributed by atoms with E-state index in [9.17, 15) is 22.0 Å². The Morgan fingerprint density at radius 2 is 1.73 bits per heavy atom. The molecule has 7 nitrogen and oxygen atoms in total. The van der Waals surface area contributed by atoms with Crippen LogP contribution < -0.4 is 14.8 Å². The van der Waals surface area contributed by atoms with Crippen molar-refractivity contribution in [1.82, 2.24) is 0 Å². The van der Waals surface area contributed by atoms with Crippen LogP contribution in [-0.2, 0) is 25.5 Å². The van der Waals surface area contributed by atoms with Gasteiger partial charge in [0.1, 0.15) is 10.6 Å². The Hall–Kier alpha value is -2.72. The highest BCUT2D eigenvalue weighted by Gasteiger charge is 2.28. The van der Waals surface area contributed by atoms with E-state index in [0.717, 1.165) is 25.8 Å². The molecule has 3 rings (SSSR count). The number of methoxy groups -OCH3 is 2. The van der Waals surface area contributed by atoms with Crippen molar-refractivity contribution in [2.45, 2.75) is 49.5 Å². The van der Waals surface area contributed by atoms with Crippen molar-refractivity contribution in [3.63, 3.8) is 0 Å². The van der Waals surface area contributed by atoms with E-state index in [1.807, 2.05) is 0 Å². The van der Waals surface area contributed by atoms with Crippen LogP contribution in [0.5, 0.6) is 5.75 Å². The molecule has 180 valence electrons. The first-order valence-corrected chi connectivity index (χ1v) is 12.0. The van der Waals surface area contributed by atoms with E-state index in [2.05, 4.69) is 10.0 Å². The number of hydrogen-bond acceptors (Lipinski definition) is 5. The van der Waals surface area contributed by atoms with Crippen LogP contribution in [-0.4, -0.2) is 34.6 Å². The van der Waals surface area contributed by atoms with Crippen LogP contribution in [0.15, 0.2) is 47.4 Å². The number of halogens is 2. The van der Waals surface area contributed by atoms with E-state index in [4.69, 9.17) is 9.47 Å². The summed E-state index contributed by atoms with van der Waals surface area (Å²) >= 11 is 0. The molecule has 1 aliphatic carbocycles. The summed E-state index contributed by atoms with van der Waals surface area (Å²) < 4.78 is 65.9. The van der Waals surface area contributed by atoms with E-state index in [1.54, 1.807) is 7.11 Å². The SMILES string of the molecule is COc1cc(NC(=O)C2CCC(OC)CC2)ccc1S(=O)(=O)Nc1cccc(C(C)(F)F)c1. The number of hydrogen-bond donors (Lipinski definition) is 2. The van der Waals surface area contributed by atoms with Crippen molar-refractivity contribution in [2.75, 3.05) is 24.3 Å². The molecule has 1 aliphatic rings. The van der Waals surface area contributed by atoms with Gasteiger partial charge in [0.05, 0.1) is 13.2 Å². The standard InChI is InChI=1S/C23H28F2N2O5S/c1-23(24,25)16-5-4-6-18(13-16)27-33(29,30)21-12-9-17(14-20(21)32-3)26-22(28)15-7-10-19(31-2)11-8-15/h4-6,9,12-15,19,27H,7-8,10-11H2,1-3H3,(H,26,28). The van der Waals surface area contributed by atoms with Gasteiger partial charge in [0.25, 0.3) is 15.9 Å². The molecule has 2 N–H and O–H groups in total. The molecule has 10 heteroatoms. The average Bonchev–Trinajstić information content (AvgIpc) is 2.78. The van der Waals surface area contributed by atoms with Gasteiger partial charge in [-0.3, -0.25) is 9.52 Å². The number of alkyl halides is 2. The van der Waals surface area contributed by atoms with E-state index in [-0.39, 0.29) is 39.8 Å². The molecule has 0 aromatic heterocycles. The summed E-state index contributed by atoms with van der Waals surface area (Å²) in [4.78, 5) is 12.4. The molecule has 0 bridgehead atoms. The van der Waals surface area contributed by atoms with Crippen LogP contribution in [0.2, 0.25) is 0 Å². The quantitative estimate of drug-likeness (QED) is 0.566. The number of nitrogens with one attached hydrogen (secondary N) is 2. The summed E-state index contributed by atoms with van der Waals surface area (Å²) in [6, 6.07) is 9.22. The molecule has 0 atom stereocenters. The monoisotopic (exact) mass is 482 g/mol. The first kappa shape index (κ1) is 24.9. The summed E-state index contributed by atoms with van der Waals surface area (Å²) in [5.41, 5.74) is 0.0877. The molecular weight excluding hydrogens is 454 g/mol. The highest BCUT2D eigenvalue weighted by Crippen LogP contribution is 2.32. The molecule has 1 fully saturated rings. The molecule has 0 saturated heterocycles. The maximum atomic E-state index is 13.6. The van der Waals surface area contributed by atoms with Gasteiger partial charge in [-0.15, -0.1) is 0 Å². The second-order valence-electron chi connectivity index (χ2n) is 8.14. The Kier molecular flexibility index (Phi) is 7.58. The van der Waals surface area contributed by atoms with E-state index in [1.165, 1.54) is 43.5 Å². The predicted octanol–water partition coefficient (Wildman–Crippen LogP) is 4.75. The fourth-order valence-electron chi connectivity index (χ4n) is 3.84. The van der Waals surface area contributed by atoms with E-state index in [0.29, 0.717) is 18.5 Å².